The maximum absolute atomic E-state index is 12.0. The van der Waals surface area contributed by atoms with Crippen LogP contribution in [0.5, 0.6) is 0 Å². The lowest BCUT2D eigenvalue weighted by atomic mass is 9.87. The molecule has 1 saturated carbocycles. The smallest absolute Gasteiger partial charge is 0.220 e. The molecule has 1 N–H and O–H groups in total. The van der Waals surface area contributed by atoms with Gasteiger partial charge in [0.1, 0.15) is 5.78 Å². The molecule has 0 aromatic carbocycles. The molecular weight excluding hydrogens is 226 g/mol. The van der Waals surface area contributed by atoms with Crippen LogP contribution in [0.3, 0.4) is 0 Å². The molecule has 1 aliphatic carbocycles. The van der Waals surface area contributed by atoms with E-state index >= 15 is 0 Å². The number of rotatable bonds is 6. The van der Waals surface area contributed by atoms with E-state index in [1.54, 1.807) is 0 Å². The number of nitrogens with one attached hydrogen (secondary N) is 1. The van der Waals surface area contributed by atoms with Crippen LogP contribution in [-0.2, 0) is 9.59 Å². The fourth-order valence-electron chi connectivity index (χ4n) is 2.72. The summed E-state index contributed by atoms with van der Waals surface area (Å²) in [5.74, 6) is 0.402. The molecule has 3 nitrogen and oxygen atoms in total. The number of carbonyl (C=O) groups is 2. The van der Waals surface area contributed by atoms with E-state index in [0.29, 0.717) is 18.9 Å². The van der Waals surface area contributed by atoms with E-state index in [4.69, 9.17) is 0 Å². The lowest BCUT2D eigenvalue weighted by Gasteiger charge is -2.24. The minimum absolute atomic E-state index is 0.0578. The van der Waals surface area contributed by atoms with Gasteiger partial charge in [0.05, 0.1) is 0 Å². The molecular formula is C15H27NO2. The summed E-state index contributed by atoms with van der Waals surface area (Å²) in [6, 6.07) is 0.343. The molecule has 1 rings (SSSR count). The zero-order chi connectivity index (χ0) is 13.5. The lowest BCUT2D eigenvalue weighted by molar-refractivity contribution is -0.130. The summed E-state index contributed by atoms with van der Waals surface area (Å²) in [4.78, 5) is 23.8. The molecule has 0 spiro atoms. The third-order valence-corrected chi connectivity index (χ3v) is 3.94. The van der Waals surface area contributed by atoms with E-state index in [0.717, 1.165) is 12.8 Å². The monoisotopic (exact) mass is 253 g/mol. The normalized spacial score (nSPS) is 18.7. The van der Waals surface area contributed by atoms with Crippen molar-refractivity contribution in [3.05, 3.63) is 0 Å². The summed E-state index contributed by atoms with van der Waals surface area (Å²) in [7, 11) is 0. The number of amides is 1. The van der Waals surface area contributed by atoms with E-state index in [9.17, 15) is 9.59 Å². The fourth-order valence-corrected chi connectivity index (χ4v) is 2.72. The van der Waals surface area contributed by atoms with Gasteiger partial charge in [-0.25, -0.2) is 0 Å². The minimum atomic E-state index is -0.112. The first-order valence-electron chi connectivity index (χ1n) is 7.36. The van der Waals surface area contributed by atoms with E-state index < -0.39 is 0 Å². The number of ketones is 1. The molecule has 0 heterocycles. The van der Waals surface area contributed by atoms with Crippen molar-refractivity contribution in [3.63, 3.8) is 0 Å². The number of carbonyl (C=O) groups excluding carboxylic acids is 2. The van der Waals surface area contributed by atoms with Gasteiger partial charge in [-0.05, 0) is 18.8 Å². The summed E-state index contributed by atoms with van der Waals surface area (Å²) >= 11 is 0. The van der Waals surface area contributed by atoms with Crippen molar-refractivity contribution < 1.29 is 9.59 Å². The average molecular weight is 253 g/mol. The molecule has 0 aromatic rings. The molecule has 1 aliphatic rings. The Morgan fingerprint density at radius 3 is 2.28 bits per heavy atom. The Bertz CT molecular complexity index is 280. The van der Waals surface area contributed by atoms with Crippen LogP contribution in [0.2, 0.25) is 0 Å². The van der Waals surface area contributed by atoms with Gasteiger partial charge in [-0.1, -0.05) is 40.0 Å². The van der Waals surface area contributed by atoms with Gasteiger partial charge in [0, 0.05) is 24.8 Å². The highest BCUT2D eigenvalue weighted by atomic mass is 16.2. The van der Waals surface area contributed by atoms with Crippen LogP contribution in [0.15, 0.2) is 0 Å². The van der Waals surface area contributed by atoms with Crippen LogP contribution in [0.4, 0.5) is 0 Å². The Kier molecular flexibility index (Phi) is 6.37. The molecule has 0 aromatic heterocycles. The van der Waals surface area contributed by atoms with E-state index in [-0.39, 0.29) is 23.5 Å². The van der Waals surface area contributed by atoms with E-state index in [1.807, 2.05) is 20.8 Å². The van der Waals surface area contributed by atoms with Gasteiger partial charge in [-0.2, -0.15) is 0 Å². The van der Waals surface area contributed by atoms with Crippen molar-refractivity contribution in [2.75, 3.05) is 0 Å². The summed E-state index contributed by atoms with van der Waals surface area (Å²) < 4.78 is 0. The molecule has 0 bridgehead atoms. The topological polar surface area (TPSA) is 46.2 Å². The maximum Gasteiger partial charge on any atom is 0.220 e. The predicted molar refractivity (Wildman–Crippen MR) is 73.3 cm³/mol. The highest BCUT2D eigenvalue weighted by Crippen LogP contribution is 2.20. The fraction of sp³-hybridized carbons (Fsp3) is 0.867. The van der Waals surface area contributed by atoms with Crippen LogP contribution in [0.25, 0.3) is 0 Å². The number of hydrogen-bond acceptors (Lipinski definition) is 2. The van der Waals surface area contributed by atoms with Crippen LogP contribution in [0, 0.1) is 11.8 Å². The Morgan fingerprint density at radius 1 is 1.17 bits per heavy atom. The second-order valence-corrected chi connectivity index (χ2v) is 5.78. The number of Topliss-reactive ketones (excluding diaryl/α,β-unsaturated/α-hetero) is 1. The Labute approximate surface area is 111 Å². The second kappa shape index (κ2) is 7.55. The van der Waals surface area contributed by atoms with Gasteiger partial charge in [0.15, 0.2) is 0 Å². The first-order valence-corrected chi connectivity index (χ1v) is 7.36. The molecule has 1 unspecified atom stereocenters. The molecule has 1 atom stereocenters. The molecule has 18 heavy (non-hydrogen) atoms. The predicted octanol–water partition coefficient (Wildman–Crippen LogP) is 3.08. The van der Waals surface area contributed by atoms with Gasteiger partial charge in [-0.3, -0.25) is 9.59 Å². The Hall–Kier alpha value is -0.860. The third kappa shape index (κ3) is 4.79. The SMILES string of the molecule is CCC(=O)C(CC(=O)NC1CCCCC1)C(C)C. The van der Waals surface area contributed by atoms with Crippen molar-refractivity contribution in [1.82, 2.24) is 5.32 Å². The molecule has 1 fully saturated rings. The van der Waals surface area contributed by atoms with Gasteiger partial charge in [0.25, 0.3) is 0 Å². The van der Waals surface area contributed by atoms with E-state index in [1.165, 1.54) is 19.3 Å². The zero-order valence-electron chi connectivity index (χ0n) is 12.0. The quantitative estimate of drug-likeness (QED) is 0.790. The van der Waals surface area contributed by atoms with Crippen molar-refractivity contribution in [3.8, 4) is 0 Å². The van der Waals surface area contributed by atoms with Crippen LogP contribution < -0.4 is 5.32 Å². The van der Waals surface area contributed by atoms with E-state index in [2.05, 4.69) is 5.32 Å². The molecule has 104 valence electrons. The van der Waals surface area contributed by atoms with Crippen molar-refractivity contribution in [2.45, 2.75) is 71.8 Å². The molecule has 0 radical (unpaired) electrons. The van der Waals surface area contributed by atoms with Crippen LogP contribution in [-0.4, -0.2) is 17.7 Å². The van der Waals surface area contributed by atoms with Crippen molar-refractivity contribution >= 4 is 11.7 Å². The Balaban J connectivity index is 2.42. The highest BCUT2D eigenvalue weighted by molar-refractivity contribution is 5.87. The lowest BCUT2D eigenvalue weighted by Crippen LogP contribution is -2.38. The van der Waals surface area contributed by atoms with Crippen LogP contribution in [0.1, 0.15) is 65.7 Å². The second-order valence-electron chi connectivity index (χ2n) is 5.78. The molecule has 0 saturated heterocycles. The first-order chi connectivity index (χ1) is 8.54. The largest absolute Gasteiger partial charge is 0.353 e. The van der Waals surface area contributed by atoms with Gasteiger partial charge in [0.2, 0.25) is 5.91 Å². The van der Waals surface area contributed by atoms with Gasteiger partial charge in [-0.15, -0.1) is 0 Å². The molecule has 0 aliphatic heterocycles. The Morgan fingerprint density at radius 2 is 1.78 bits per heavy atom. The minimum Gasteiger partial charge on any atom is -0.353 e. The first kappa shape index (κ1) is 15.2. The average Bonchev–Trinajstić information content (AvgIpc) is 2.36. The summed E-state index contributed by atoms with van der Waals surface area (Å²) in [6.45, 7) is 5.91. The highest BCUT2D eigenvalue weighted by Gasteiger charge is 2.25. The molecule has 1 amide bonds. The summed E-state index contributed by atoms with van der Waals surface area (Å²) in [5.41, 5.74) is 0. The zero-order valence-corrected chi connectivity index (χ0v) is 12.0. The maximum atomic E-state index is 12.0. The standard InChI is InChI=1S/C15H27NO2/c1-4-14(17)13(11(2)3)10-15(18)16-12-8-6-5-7-9-12/h11-13H,4-10H2,1-3H3,(H,16,18). The number of hydrogen-bond donors (Lipinski definition) is 1. The van der Waals surface area contributed by atoms with Crippen LogP contribution >= 0.6 is 0 Å². The van der Waals surface area contributed by atoms with Gasteiger partial charge >= 0.3 is 0 Å². The summed E-state index contributed by atoms with van der Waals surface area (Å²) in [6.07, 6.45) is 6.80. The third-order valence-electron chi connectivity index (χ3n) is 3.94. The van der Waals surface area contributed by atoms with Crippen molar-refractivity contribution in [1.29, 1.82) is 0 Å². The molecule has 3 heteroatoms. The van der Waals surface area contributed by atoms with Crippen molar-refractivity contribution in [2.24, 2.45) is 11.8 Å². The van der Waals surface area contributed by atoms with Gasteiger partial charge < -0.3 is 5.32 Å². The summed E-state index contributed by atoms with van der Waals surface area (Å²) in [5, 5.41) is 3.09.